The van der Waals surface area contributed by atoms with Crippen LogP contribution in [-0.4, -0.2) is 27.9 Å². The van der Waals surface area contributed by atoms with Gasteiger partial charge in [0.15, 0.2) is 0 Å². The van der Waals surface area contributed by atoms with Crippen molar-refractivity contribution in [2.24, 2.45) is 4.99 Å². The monoisotopic (exact) mass is 441 g/mol. The van der Waals surface area contributed by atoms with Crippen molar-refractivity contribution in [2.75, 3.05) is 7.05 Å². The molecule has 0 spiro atoms. The molecule has 1 fully saturated rings. The van der Waals surface area contributed by atoms with Crippen molar-refractivity contribution in [2.45, 2.75) is 12.7 Å². The molecule has 156 valence electrons. The van der Waals surface area contributed by atoms with Crippen LogP contribution in [0.3, 0.4) is 0 Å². The number of hydrogen-bond donors (Lipinski definition) is 1. The third kappa shape index (κ3) is 4.32. The van der Waals surface area contributed by atoms with Gasteiger partial charge in [-0.3, -0.25) is 14.5 Å². The van der Waals surface area contributed by atoms with Crippen LogP contribution in [0.4, 0.5) is 18.0 Å². The second-order valence-corrected chi connectivity index (χ2v) is 7.74. The number of alkyl halides is 3. The van der Waals surface area contributed by atoms with Gasteiger partial charge in [0.2, 0.25) is 0 Å². The topological polar surface area (TPSA) is 83.1 Å². The zero-order valence-corrected chi connectivity index (χ0v) is 16.9. The molecule has 4 rings (SSSR count). The number of amidine groups is 1. The molecule has 0 saturated carbocycles. The molecule has 0 unspecified atom stereocenters. The van der Waals surface area contributed by atoms with E-state index in [1.807, 2.05) is 18.2 Å². The summed E-state index contributed by atoms with van der Waals surface area (Å²) in [6.45, 7) is -0.0907. The molecule has 6 nitrogen and oxygen atoms in total. The van der Waals surface area contributed by atoms with Gasteiger partial charge in [-0.25, -0.2) is 0 Å². The minimum Gasteiger partial charge on any atom is -0.300 e. The van der Waals surface area contributed by atoms with Crippen LogP contribution in [0.2, 0.25) is 0 Å². The number of rotatable bonds is 3. The van der Waals surface area contributed by atoms with E-state index in [1.54, 1.807) is 25.4 Å². The Morgan fingerprint density at radius 3 is 2.81 bits per heavy atom. The fourth-order valence-corrected chi connectivity index (χ4v) is 4.02. The van der Waals surface area contributed by atoms with Gasteiger partial charge in [0.1, 0.15) is 5.84 Å². The Bertz CT molecular complexity index is 1300. The lowest BCUT2D eigenvalue weighted by molar-refractivity contribution is -0.138. The van der Waals surface area contributed by atoms with Crippen molar-refractivity contribution in [3.8, 4) is 6.07 Å². The molecule has 3 aromatic rings. The summed E-state index contributed by atoms with van der Waals surface area (Å²) in [5.41, 5.74) is 0.561. The molecule has 1 aliphatic heterocycles. The third-order valence-corrected chi connectivity index (χ3v) is 5.45. The molecule has 2 aromatic carbocycles. The number of nitriles is 1. The quantitative estimate of drug-likeness (QED) is 0.633. The summed E-state index contributed by atoms with van der Waals surface area (Å²) in [6.07, 6.45) is -1.10. The highest BCUT2D eigenvalue weighted by Gasteiger charge is 2.33. The van der Waals surface area contributed by atoms with E-state index in [0.717, 1.165) is 28.8 Å². The van der Waals surface area contributed by atoms with Crippen LogP contribution < -0.4 is 5.32 Å². The predicted octanol–water partition coefficient (Wildman–Crippen LogP) is 4.80. The normalized spacial score (nSPS) is 16.8. The molecule has 2 heterocycles. The van der Waals surface area contributed by atoms with E-state index in [1.165, 1.54) is 16.8 Å². The first kappa shape index (κ1) is 20.7. The fourth-order valence-electron chi connectivity index (χ4n) is 3.24. The van der Waals surface area contributed by atoms with E-state index in [9.17, 15) is 18.0 Å². The minimum atomic E-state index is -4.57. The molecule has 1 aliphatic rings. The fraction of sp³-hybridized carbons (Fsp3) is 0.143. The van der Waals surface area contributed by atoms with Crippen LogP contribution in [0.1, 0.15) is 22.3 Å². The zero-order chi connectivity index (χ0) is 22.2. The molecule has 10 heteroatoms. The molecule has 0 aliphatic carbocycles. The molecule has 0 radical (unpaired) electrons. The summed E-state index contributed by atoms with van der Waals surface area (Å²) < 4.78 is 41.7. The van der Waals surface area contributed by atoms with Gasteiger partial charge in [-0.15, -0.1) is 0 Å². The van der Waals surface area contributed by atoms with Crippen molar-refractivity contribution < 1.29 is 18.0 Å². The van der Waals surface area contributed by atoms with Gasteiger partial charge >= 0.3 is 6.18 Å². The number of halogens is 3. The molecule has 1 amide bonds. The van der Waals surface area contributed by atoms with E-state index in [2.05, 4.69) is 15.4 Å². The van der Waals surface area contributed by atoms with Gasteiger partial charge in [0, 0.05) is 18.6 Å². The van der Waals surface area contributed by atoms with E-state index in [4.69, 9.17) is 5.26 Å². The van der Waals surface area contributed by atoms with Crippen LogP contribution in [0.25, 0.3) is 17.0 Å². The van der Waals surface area contributed by atoms with E-state index >= 15 is 0 Å². The molecule has 1 saturated heterocycles. The van der Waals surface area contributed by atoms with Crippen molar-refractivity contribution in [1.82, 2.24) is 15.1 Å². The summed E-state index contributed by atoms with van der Waals surface area (Å²) >= 11 is 1.04. The highest BCUT2D eigenvalue weighted by Crippen LogP contribution is 2.33. The van der Waals surface area contributed by atoms with E-state index < -0.39 is 11.7 Å². The molecule has 1 aromatic heterocycles. The summed E-state index contributed by atoms with van der Waals surface area (Å²) in [5.74, 6) is 0.492. The number of aliphatic imine (C=N–C) groups is 1. The number of nitrogens with one attached hydrogen (secondary N) is 1. The van der Waals surface area contributed by atoms with Gasteiger partial charge in [-0.05, 0) is 53.2 Å². The van der Waals surface area contributed by atoms with Crippen molar-refractivity contribution in [3.05, 3.63) is 69.8 Å². The number of hydrogen-bond acceptors (Lipinski definition) is 5. The van der Waals surface area contributed by atoms with Crippen LogP contribution >= 0.6 is 11.8 Å². The first-order chi connectivity index (χ1) is 14.8. The maximum Gasteiger partial charge on any atom is 0.416 e. The highest BCUT2D eigenvalue weighted by molar-refractivity contribution is 8.18. The second kappa shape index (κ2) is 7.92. The Morgan fingerprint density at radius 2 is 2.10 bits per heavy atom. The summed E-state index contributed by atoms with van der Waals surface area (Å²) in [7, 11) is 1.58. The number of thioether (sulfide) groups is 1. The Kier molecular flexibility index (Phi) is 5.29. The van der Waals surface area contributed by atoms with E-state index in [0.29, 0.717) is 16.3 Å². The molecular formula is C21H14F3N5OS. The average molecular weight is 441 g/mol. The SMILES string of the molecule is CN=C1NC(=O)S/C1=C\c1ccc2nn(Cc3ccc(C#N)cc3C(F)(F)F)cc2c1. The zero-order valence-electron chi connectivity index (χ0n) is 16.1. The molecule has 0 atom stereocenters. The van der Waals surface area contributed by atoms with Crippen LogP contribution in [-0.2, 0) is 12.7 Å². The lowest BCUT2D eigenvalue weighted by Crippen LogP contribution is -2.18. The smallest absolute Gasteiger partial charge is 0.300 e. The summed E-state index contributed by atoms with van der Waals surface area (Å²) in [4.78, 5) is 16.3. The third-order valence-electron chi connectivity index (χ3n) is 4.63. The predicted molar refractivity (Wildman–Crippen MR) is 112 cm³/mol. The minimum absolute atomic E-state index is 0.0254. The molecule has 0 bridgehead atoms. The van der Waals surface area contributed by atoms with Crippen LogP contribution in [0.15, 0.2) is 52.5 Å². The van der Waals surface area contributed by atoms with Gasteiger partial charge in [0.25, 0.3) is 5.24 Å². The Hall–Kier alpha value is -3.58. The lowest BCUT2D eigenvalue weighted by Gasteiger charge is -2.13. The second-order valence-electron chi connectivity index (χ2n) is 6.72. The lowest BCUT2D eigenvalue weighted by atomic mass is 10.0. The summed E-state index contributed by atoms with van der Waals surface area (Å²) in [6, 6.07) is 10.7. The maximum atomic E-state index is 13.4. The Morgan fingerprint density at radius 1 is 1.29 bits per heavy atom. The highest BCUT2D eigenvalue weighted by atomic mass is 32.2. The van der Waals surface area contributed by atoms with Gasteiger partial charge in [0.05, 0.1) is 34.2 Å². The molecule has 1 N–H and O–H groups in total. The van der Waals surface area contributed by atoms with Gasteiger partial charge in [-0.2, -0.15) is 23.5 Å². The number of amides is 1. The standard InChI is InChI=1S/C21H14F3N5OS/c1-26-19-18(31-20(30)27-19)8-12-3-5-17-15(6-12)11-29(28-17)10-14-4-2-13(9-25)7-16(14)21(22,23)24/h2-8,11H,10H2,1H3,(H,26,27,30)/b18-8-. The first-order valence-electron chi connectivity index (χ1n) is 9.02. The average Bonchev–Trinajstić information content (AvgIpc) is 3.29. The largest absolute Gasteiger partial charge is 0.416 e. The molecule has 31 heavy (non-hydrogen) atoms. The van der Waals surface area contributed by atoms with Gasteiger partial charge < -0.3 is 5.32 Å². The first-order valence-corrected chi connectivity index (χ1v) is 9.83. The maximum absolute atomic E-state index is 13.4. The number of nitrogens with zero attached hydrogens (tertiary/aromatic N) is 4. The van der Waals surface area contributed by atoms with Crippen molar-refractivity contribution in [1.29, 1.82) is 5.26 Å². The van der Waals surface area contributed by atoms with Crippen molar-refractivity contribution in [3.63, 3.8) is 0 Å². The van der Waals surface area contributed by atoms with Crippen molar-refractivity contribution >= 4 is 39.8 Å². The Labute approximate surface area is 179 Å². The Balaban J connectivity index is 1.66. The number of carbonyl (C=O) groups is 1. The van der Waals surface area contributed by atoms with Crippen LogP contribution in [0, 0.1) is 11.3 Å². The number of fused-ring (bicyclic) bond motifs is 1. The number of benzene rings is 2. The summed E-state index contributed by atoms with van der Waals surface area (Å²) in [5, 5.41) is 16.5. The van der Waals surface area contributed by atoms with Gasteiger partial charge in [-0.1, -0.05) is 12.1 Å². The van der Waals surface area contributed by atoms with Crippen LogP contribution in [0.5, 0.6) is 0 Å². The van der Waals surface area contributed by atoms with E-state index in [-0.39, 0.29) is 22.9 Å². The number of carbonyl (C=O) groups excluding carboxylic acids is 1. The molecular weight excluding hydrogens is 427 g/mol. The number of aromatic nitrogens is 2.